The van der Waals surface area contributed by atoms with Gasteiger partial charge < -0.3 is 14.8 Å². The molecule has 0 bridgehead atoms. The maximum absolute atomic E-state index is 13.4. The van der Waals surface area contributed by atoms with Crippen molar-refractivity contribution >= 4 is 23.4 Å². The molecular weight excluding hydrogens is 305 g/mol. The summed E-state index contributed by atoms with van der Waals surface area (Å²) in [5, 5.41) is 2.54. The van der Waals surface area contributed by atoms with Crippen molar-refractivity contribution in [1.29, 1.82) is 0 Å². The van der Waals surface area contributed by atoms with Crippen molar-refractivity contribution in [2.24, 2.45) is 0 Å². The first kappa shape index (κ1) is 16.2. The lowest BCUT2D eigenvalue weighted by molar-refractivity contribution is -0.113. The van der Waals surface area contributed by atoms with Crippen LogP contribution in [0.1, 0.15) is 0 Å². The summed E-state index contributed by atoms with van der Waals surface area (Å²) in [7, 11) is 3.11. The second-order valence-electron chi connectivity index (χ2n) is 4.33. The third-order valence-electron chi connectivity index (χ3n) is 2.87. The molecule has 0 unspecified atom stereocenters. The van der Waals surface area contributed by atoms with E-state index >= 15 is 0 Å². The van der Waals surface area contributed by atoms with E-state index in [4.69, 9.17) is 9.47 Å². The summed E-state index contributed by atoms with van der Waals surface area (Å²) in [6.07, 6.45) is 0. The molecule has 22 heavy (non-hydrogen) atoms. The van der Waals surface area contributed by atoms with Crippen LogP contribution in [0, 0.1) is 5.82 Å². The predicted octanol–water partition coefficient (Wildman–Crippen LogP) is 3.57. The summed E-state index contributed by atoms with van der Waals surface area (Å²) in [5.74, 6) is 0.672. The highest BCUT2D eigenvalue weighted by Gasteiger charge is 2.09. The largest absolute Gasteiger partial charge is 0.493 e. The molecule has 0 fully saturated rings. The van der Waals surface area contributed by atoms with Crippen molar-refractivity contribution in [3.8, 4) is 11.5 Å². The maximum atomic E-state index is 13.4. The second kappa shape index (κ2) is 7.70. The molecule has 6 heteroatoms. The van der Waals surface area contributed by atoms with Gasteiger partial charge in [0.2, 0.25) is 5.91 Å². The van der Waals surface area contributed by atoms with Crippen molar-refractivity contribution in [2.45, 2.75) is 4.90 Å². The quantitative estimate of drug-likeness (QED) is 0.826. The summed E-state index contributed by atoms with van der Waals surface area (Å²) in [4.78, 5) is 12.7. The molecule has 2 aromatic carbocycles. The van der Waals surface area contributed by atoms with Crippen LogP contribution in [-0.2, 0) is 4.79 Å². The van der Waals surface area contributed by atoms with E-state index in [1.807, 2.05) is 6.07 Å². The molecule has 1 N–H and O–H groups in total. The van der Waals surface area contributed by atoms with Gasteiger partial charge in [0.1, 0.15) is 5.82 Å². The zero-order chi connectivity index (χ0) is 15.9. The smallest absolute Gasteiger partial charge is 0.234 e. The van der Waals surface area contributed by atoms with Gasteiger partial charge in [-0.2, -0.15) is 0 Å². The average molecular weight is 321 g/mol. The van der Waals surface area contributed by atoms with Crippen LogP contribution < -0.4 is 14.8 Å². The van der Waals surface area contributed by atoms with Gasteiger partial charge in [0, 0.05) is 4.90 Å². The standard InChI is InChI=1S/C16H16FNO3S/c1-20-14-8-7-11(9-15(14)21-2)22-10-16(19)18-13-6-4-3-5-12(13)17/h3-9H,10H2,1-2H3,(H,18,19). The molecule has 0 radical (unpaired) electrons. The fourth-order valence-corrected chi connectivity index (χ4v) is 2.53. The number of nitrogens with one attached hydrogen (secondary N) is 1. The Morgan fingerprint density at radius 1 is 1.14 bits per heavy atom. The Hall–Kier alpha value is -2.21. The van der Waals surface area contributed by atoms with Crippen LogP contribution in [0.5, 0.6) is 11.5 Å². The zero-order valence-corrected chi connectivity index (χ0v) is 13.1. The van der Waals surface area contributed by atoms with Gasteiger partial charge >= 0.3 is 0 Å². The molecule has 4 nitrogen and oxygen atoms in total. The number of hydrogen-bond acceptors (Lipinski definition) is 4. The van der Waals surface area contributed by atoms with Crippen LogP contribution in [-0.4, -0.2) is 25.9 Å². The molecule has 0 saturated carbocycles. The molecule has 116 valence electrons. The van der Waals surface area contributed by atoms with E-state index in [0.29, 0.717) is 11.5 Å². The molecule has 2 rings (SSSR count). The number of benzene rings is 2. The normalized spacial score (nSPS) is 10.1. The van der Waals surface area contributed by atoms with Crippen LogP contribution in [0.2, 0.25) is 0 Å². The number of methoxy groups -OCH3 is 2. The first-order valence-electron chi connectivity index (χ1n) is 6.53. The van der Waals surface area contributed by atoms with Crippen LogP contribution in [0.25, 0.3) is 0 Å². The third-order valence-corrected chi connectivity index (χ3v) is 3.87. The molecular formula is C16H16FNO3S. The Morgan fingerprint density at radius 2 is 1.86 bits per heavy atom. The summed E-state index contributed by atoms with van der Waals surface area (Å²) < 4.78 is 23.8. The lowest BCUT2D eigenvalue weighted by atomic mass is 10.3. The van der Waals surface area contributed by atoms with E-state index < -0.39 is 5.82 Å². The molecule has 0 spiro atoms. The van der Waals surface area contributed by atoms with Crippen molar-refractivity contribution in [1.82, 2.24) is 0 Å². The van der Waals surface area contributed by atoms with Gasteiger partial charge in [-0.15, -0.1) is 11.8 Å². The highest BCUT2D eigenvalue weighted by molar-refractivity contribution is 8.00. The van der Waals surface area contributed by atoms with Crippen LogP contribution in [0.4, 0.5) is 10.1 Å². The molecule has 0 aliphatic rings. The van der Waals surface area contributed by atoms with Crippen LogP contribution in [0.15, 0.2) is 47.4 Å². The van der Waals surface area contributed by atoms with Gasteiger partial charge in [-0.25, -0.2) is 4.39 Å². The number of para-hydroxylation sites is 1. The fraction of sp³-hybridized carbons (Fsp3) is 0.188. The van der Waals surface area contributed by atoms with Gasteiger partial charge in [0.25, 0.3) is 0 Å². The Kier molecular flexibility index (Phi) is 5.66. The van der Waals surface area contributed by atoms with Crippen LogP contribution >= 0.6 is 11.8 Å². The molecule has 0 aromatic heterocycles. The van der Waals surface area contributed by atoms with E-state index in [1.165, 1.54) is 23.9 Å². The van der Waals surface area contributed by atoms with E-state index in [0.717, 1.165) is 4.90 Å². The Labute approximate surface area is 132 Å². The van der Waals surface area contributed by atoms with E-state index in [9.17, 15) is 9.18 Å². The maximum Gasteiger partial charge on any atom is 0.234 e. The van der Waals surface area contributed by atoms with Crippen molar-refractivity contribution in [3.63, 3.8) is 0 Å². The second-order valence-corrected chi connectivity index (χ2v) is 5.38. The number of carbonyl (C=O) groups is 1. The Morgan fingerprint density at radius 3 is 2.55 bits per heavy atom. The van der Waals surface area contributed by atoms with Gasteiger partial charge in [-0.05, 0) is 30.3 Å². The molecule has 0 saturated heterocycles. The van der Waals surface area contributed by atoms with Gasteiger partial charge in [-0.3, -0.25) is 4.79 Å². The minimum absolute atomic E-state index is 0.170. The van der Waals surface area contributed by atoms with E-state index in [1.54, 1.807) is 38.5 Å². The molecule has 1 amide bonds. The highest BCUT2D eigenvalue weighted by atomic mass is 32.2. The number of halogens is 1. The number of thioether (sulfide) groups is 1. The van der Waals surface area contributed by atoms with Crippen molar-refractivity contribution in [2.75, 3.05) is 25.3 Å². The number of carbonyl (C=O) groups excluding carboxylic acids is 1. The number of rotatable bonds is 6. The molecule has 0 aliphatic heterocycles. The number of anilines is 1. The lowest BCUT2D eigenvalue weighted by Crippen LogP contribution is -2.14. The predicted molar refractivity (Wildman–Crippen MR) is 85.3 cm³/mol. The lowest BCUT2D eigenvalue weighted by Gasteiger charge is -2.09. The first-order chi connectivity index (χ1) is 10.6. The number of ether oxygens (including phenoxy) is 2. The number of hydrogen-bond donors (Lipinski definition) is 1. The van der Waals surface area contributed by atoms with Gasteiger partial charge in [-0.1, -0.05) is 12.1 Å². The summed E-state index contributed by atoms with van der Waals surface area (Å²) in [6, 6.07) is 11.5. The summed E-state index contributed by atoms with van der Waals surface area (Å²) in [5.41, 5.74) is 0.181. The van der Waals surface area contributed by atoms with E-state index in [-0.39, 0.29) is 17.3 Å². The first-order valence-corrected chi connectivity index (χ1v) is 7.52. The summed E-state index contributed by atoms with van der Waals surface area (Å²) in [6.45, 7) is 0. The van der Waals surface area contributed by atoms with Crippen molar-refractivity contribution in [3.05, 3.63) is 48.3 Å². The number of amides is 1. The van der Waals surface area contributed by atoms with Crippen LogP contribution in [0.3, 0.4) is 0 Å². The molecule has 0 atom stereocenters. The topological polar surface area (TPSA) is 47.6 Å². The van der Waals surface area contributed by atoms with Gasteiger partial charge in [0.15, 0.2) is 11.5 Å². The molecule has 0 aliphatic carbocycles. The van der Waals surface area contributed by atoms with Gasteiger partial charge in [0.05, 0.1) is 25.7 Å². The SMILES string of the molecule is COc1ccc(SCC(=O)Nc2ccccc2F)cc1OC. The highest BCUT2D eigenvalue weighted by Crippen LogP contribution is 2.31. The van der Waals surface area contributed by atoms with E-state index in [2.05, 4.69) is 5.32 Å². The molecule has 2 aromatic rings. The Bertz CT molecular complexity index is 664. The minimum atomic E-state index is -0.452. The molecule has 0 heterocycles. The third kappa shape index (κ3) is 4.14. The minimum Gasteiger partial charge on any atom is -0.493 e. The fourth-order valence-electron chi connectivity index (χ4n) is 1.80. The average Bonchev–Trinajstić information content (AvgIpc) is 2.54. The monoisotopic (exact) mass is 321 g/mol. The Balaban J connectivity index is 1.95. The zero-order valence-electron chi connectivity index (χ0n) is 12.3. The summed E-state index contributed by atoms with van der Waals surface area (Å²) >= 11 is 1.33. The van der Waals surface area contributed by atoms with Crippen molar-refractivity contribution < 1.29 is 18.7 Å².